The standard InChI is InChI=1S/C29H46O8/c1-4-23-13-7-5-6-11-22(30)12-10-14-25(20(2)24(31)19-27(32)35-23)36-29-17-16-26(21(3)34-29)37-28-15-8-9-18-33-28/h5-7,11,20-21,23-26,28-29,31H,4,8-10,12-19H2,1-3H3/b7-5-,11-6+. The molecule has 3 heterocycles. The van der Waals surface area contributed by atoms with Crippen molar-refractivity contribution in [1.82, 2.24) is 0 Å². The van der Waals surface area contributed by atoms with Gasteiger partial charge < -0.3 is 28.8 Å². The molecule has 8 atom stereocenters. The minimum atomic E-state index is -0.922. The third-order valence-corrected chi connectivity index (χ3v) is 7.53. The van der Waals surface area contributed by atoms with Crippen molar-refractivity contribution in [3.63, 3.8) is 0 Å². The minimum absolute atomic E-state index is 0.0506. The highest BCUT2D eigenvalue weighted by atomic mass is 16.7. The molecule has 0 radical (unpaired) electrons. The Morgan fingerprint density at radius 3 is 2.51 bits per heavy atom. The Hall–Kier alpha value is -1.58. The van der Waals surface area contributed by atoms with Gasteiger partial charge in [-0.25, -0.2) is 0 Å². The highest BCUT2D eigenvalue weighted by Gasteiger charge is 2.35. The fourth-order valence-electron chi connectivity index (χ4n) is 5.04. The monoisotopic (exact) mass is 522 g/mol. The SMILES string of the molecule is CCC1C/C=C\C=C\C(=O)CCCC(OC2CCC(OC3CCCCO3)C(C)O2)C(C)C(O)CC(=O)O1. The highest BCUT2D eigenvalue weighted by molar-refractivity contribution is 5.89. The van der Waals surface area contributed by atoms with Crippen LogP contribution in [0, 0.1) is 5.92 Å². The summed E-state index contributed by atoms with van der Waals surface area (Å²) in [7, 11) is 0. The van der Waals surface area contributed by atoms with Crippen molar-refractivity contribution < 1.29 is 38.4 Å². The smallest absolute Gasteiger partial charge is 0.308 e. The molecule has 0 spiro atoms. The Morgan fingerprint density at radius 1 is 0.973 bits per heavy atom. The summed E-state index contributed by atoms with van der Waals surface area (Å²) in [6.45, 7) is 6.56. The van der Waals surface area contributed by atoms with Crippen molar-refractivity contribution in [2.75, 3.05) is 6.61 Å². The summed E-state index contributed by atoms with van der Waals surface area (Å²) in [6.07, 6.45) is 11.9. The van der Waals surface area contributed by atoms with E-state index in [2.05, 4.69) is 0 Å². The lowest BCUT2D eigenvalue weighted by Gasteiger charge is -2.39. The molecule has 0 amide bonds. The number of aliphatic hydroxyl groups is 1. The van der Waals surface area contributed by atoms with Crippen LogP contribution in [0.25, 0.3) is 0 Å². The van der Waals surface area contributed by atoms with Crippen LogP contribution >= 0.6 is 0 Å². The quantitative estimate of drug-likeness (QED) is 0.515. The summed E-state index contributed by atoms with van der Waals surface area (Å²) >= 11 is 0. The number of hydrogen-bond acceptors (Lipinski definition) is 8. The molecular formula is C29H46O8. The fourth-order valence-corrected chi connectivity index (χ4v) is 5.04. The van der Waals surface area contributed by atoms with Gasteiger partial charge in [0.2, 0.25) is 0 Å². The van der Waals surface area contributed by atoms with E-state index in [0.717, 1.165) is 32.3 Å². The lowest BCUT2D eigenvalue weighted by Crippen LogP contribution is -2.45. The van der Waals surface area contributed by atoms with Crippen molar-refractivity contribution in [3.8, 4) is 0 Å². The highest BCUT2D eigenvalue weighted by Crippen LogP contribution is 2.30. The van der Waals surface area contributed by atoms with Gasteiger partial charge >= 0.3 is 5.97 Å². The van der Waals surface area contributed by atoms with E-state index in [0.29, 0.717) is 38.5 Å². The van der Waals surface area contributed by atoms with Gasteiger partial charge in [0, 0.05) is 31.8 Å². The van der Waals surface area contributed by atoms with E-state index in [-0.39, 0.29) is 48.8 Å². The third-order valence-electron chi connectivity index (χ3n) is 7.53. The molecule has 8 unspecified atom stereocenters. The molecule has 37 heavy (non-hydrogen) atoms. The zero-order valence-corrected chi connectivity index (χ0v) is 22.7. The lowest BCUT2D eigenvalue weighted by molar-refractivity contribution is -0.277. The van der Waals surface area contributed by atoms with Crippen molar-refractivity contribution >= 4 is 11.8 Å². The Morgan fingerprint density at radius 2 is 1.78 bits per heavy atom. The summed E-state index contributed by atoms with van der Waals surface area (Å²) < 4.78 is 30.0. The van der Waals surface area contributed by atoms with Crippen LogP contribution in [-0.2, 0) is 33.3 Å². The van der Waals surface area contributed by atoms with Gasteiger partial charge in [-0.3, -0.25) is 9.59 Å². The van der Waals surface area contributed by atoms with Crippen molar-refractivity contribution in [2.45, 2.75) is 135 Å². The molecule has 0 aliphatic carbocycles. The molecular weight excluding hydrogens is 476 g/mol. The first-order valence-corrected chi connectivity index (χ1v) is 14.2. The number of ether oxygens (including phenoxy) is 5. The van der Waals surface area contributed by atoms with Crippen molar-refractivity contribution in [3.05, 3.63) is 24.3 Å². The second kappa shape index (κ2) is 15.7. The molecule has 2 fully saturated rings. The molecule has 0 saturated carbocycles. The number of ketones is 1. The molecule has 3 aliphatic heterocycles. The van der Waals surface area contributed by atoms with Crippen LogP contribution in [0.15, 0.2) is 24.3 Å². The molecule has 0 aromatic carbocycles. The van der Waals surface area contributed by atoms with Crippen LogP contribution in [0.5, 0.6) is 0 Å². The van der Waals surface area contributed by atoms with Gasteiger partial charge in [0.25, 0.3) is 0 Å². The van der Waals surface area contributed by atoms with Crippen LogP contribution in [0.1, 0.15) is 91.4 Å². The number of cyclic esters (lactones) is 1. The average molecular weight is 523 g/mol. The van der Waals surface area contributed by atoms with E-state index >= 15 is 0 Å². The lowest BCUT2D eigenvalue weighted by atomic mass is 9.91. The number of allylic oxidation sites excluding steroid dienone is 3. The summed E-state index contributed by atoms with van der Waals surface area (Å²) in [5, 5.41) is 10.9. The third kappa shape index (κ3) is 10.2. The summed E-state index contributed by atoms with van der Waals surface area (Å²) in [5.74, 6) is -0.701. The summed E-state index contributed by atoms with van der Waals surface area (Å²) in [5.41, 5.74) is 0. The van der Waals surface area contributed by atoms with Gasteiger partial charge in [-0.15, -0.1) is 0 Å². The van der Waals surface area contributed by atoms with Gasteiger partial charge in [-0.1, -0.05) is 32.1 Å². The summed E-state index contributed by atoms with van der Waals surface area (Å²) in [4.78, 5) is 24.8. The number of rotatable bonds is 5. The number of hydrogen-bond donors (Lipinski definition) is 1. The van der Waals surface area contributed by atoms with Gasteiger partial charge in [-0.05, 0) is 57.9 Å². The molecule has 0 bridgehead atoms. The maximum atomic E-state index is 12.5. The maximum Gasteiger partial charge on any atom is 0.308 e. The zero-order valence-electron chi connectivity index (χ0n) is 22.7. The zero-order chi connectivity index (χ0) is 26.6. The second-order valence-corrected chi connectivity index (χ2v) is 10.5. The van der Waals surface area contributed by atoms with Crippen LogP contribution in [0.4, 0.5) is 0 Å². The van der Waals surface area contributed by atoms with Gasteiger partial charge in [-0.2, -0.15) is 0 Å². The molecule has 2 saturated heterocycles. The van der Waals surface area contributed by atoms with E-state index in [1.165, 1.54) is 0 Å². The Bertz CT molecular complexity index is 759. The number of esters is 1. The fraction of sp³-hybridized carbons (Fsp3) is 0.793. The molecule has 0 aromatic rings. The first-order chi connectivity index (χ1) is 17.9. The van der Waals surface area contributed by atoms with Crippen molar-refractivity contribution in [2.24, 2.45) is 5.92 Å². The predicted octanol–water partition coefficient (Wildman–Crippen LogP) is 4.77. The minimum Gasteiger partial charge on any atom is -0.462 e. The number of aliphatic hydroxyl groups excluding tert-OH is 1. The van der Waals surface area contributed by atoms with Gasteiger partial charge in [0.05, 0.1) is 30.8 Å². The van der Waals surface area contributed by atoms with E-state index in [9.17, 15) is 14.7 Å². The second-order valence-electron chi connectivity index (χ2n) is 10.5. The molecule has 210 valence electrons. The molecule has 8 nitrogen and oxygen atoms in total. The van der Waals surface area contributed by atoms with E-state index < -0.39 is 18.4 Å². The van der Waals surface area contributed by atoms with Crippen LogP contribution in [-0.4, -0.2) is 66.6 Å². The van der Waals surface area contributed by atoms with E-state index in [1.54, 1.807) is 12.2 Å². The molecule has 1 N–H and O–H groups in total. The predicted molar refractivity (Wildman–Crippen MR) is 139 cm³/mol. The van der Waals surface area contributed by atoms with E-state index in [4.69, 9.17) is 23.7 Å². The van der Waals surface area contributed by atoms with E-state index in [1.807, 2.05) is 32.9 Å². The normalized spacial score (nSPS) is 39.0. The Labute approximate surface area is 221 Å². The first-order valence-electron chi connectivity index (χ1n) is 14.2. The molecule has 8 heteroatoms. The molecule has 3 aliphatic rings. The van der Waals surface area contributed by atoms with Crippen LogP contribution in [0.2, 0.25) is 0 Å². The van der Waals surface area contributed by atoms with Gasteiger partial charge in [0.15, 0.2) is 18.4 Å². The maximum absolute atomic E-state index is 12.5. The van der Waals surface area contributed by atoms with Crippen molar-refractivity contribution in [1.29, 1.82) is 0 Å². The number of carbonyl (C=O) groups excluding carboxylic acids is 2. The molecule has 3 rings (SSSR count). The Kier molecular flexibility index (Phi) is 12.7. The summed E-state index contributed by atoms with van der Waals surface area (Å²) in [6, 6.07) is 0. The van der Waals surface area contributed by atoms with Gasteiger partial charge in [0.1, 0.15) is 6.10 Å². The number of carbonyl (C=O) groups is 2. The van der Waals surface area contributed by atoms with Crippen LogP contribution < -0.4 is 0 Å². The topological polar surface area (TPSA) is 101 Å². The largest absolute Gasteiger partial charge is 0.462 e. The molecule has 0 aromatic heterocycles. The van der Waals surface area contributed by atoms with Crippen LogP contribution in [0.3, 0.4) is 0 Å². The Balaban J connectivity index is 1.61. The average Bonchev–Trinajstić information content (AvgIpc) is 2.88. The first kappa shape index (κ1) is 30.0.